The summed E-state index contributed by atoms with van der Waals surface area (Å²) in [4.78, 5) is 25.8. The normalized spacial score (nSPS) is 18.3. The van der Waals surface area contributed by atoms with Gasteiger partial charge in [-0.1, -0.05) is 18.2 Å². The number of carbonyl (C=O) groups excluding carboxylic acids is 2. The van der Waals surface area contributed by atoms with Crippen molar-refractivity contribution >= 4 is 28.3 Å². The number of cyclic esters (lactones) is 1. The molecule has 0 saturated carbocycles. The van der Waals surface area contributed by atoms with E-state index in [2.05, 4.69) is 5.32 Å². The van der Waals surface area contributed by atoms with Crippen LogP contribution in [-0.4, -0.2) is 18.5 Å². The minimum Gasteiger partial charge on any atom is -0.462 e. The molecule has 2 heterocycles. The van der Waals surface area contributed by atoms with Gasteiger partial charge in [-0.05, 0) is 44.2 Å². The third kappa shape index (κ3) is 2.80. The summed E-state index contributed by atoms with van der Waals surface area (Å²) in [6.07, 6.45) is 3.52. The number of hydrogen-bond donors (Lipinski definition) is 1. The molecule has 1 aromatic heterocycles. The highest BCUT2D eigenvalue weighted by Crippen LogP contribution is 2.41. The van der Waals surface area contributed by atoms with Gasteiger partial charge < -0.3 is 14.8 Å². The van der Waals surface area contributed by atoms with Crippen molar-refractivity contribution in [3.8, 4) is 0 Å². The van der Waals surface area contributed by atoms with Crippen LogP contribution in [-0.2, 0) is 22.3 Å². The predicted molar refractivity (Wildman–Crippen MR) is 95.1 cm³/mol. The number of carbonyl (C=O) groups is 2. The molecule has 6 heteroatoms. The molecule has 130 valence electrons. The molecule has 0 fully saturated rings. The summed E-state index contributed by atoms with van der Waals surface area (Å²) < 4.78 is 10.7. The SMILES string of the molecule is CCOC(=O)c1c(NC2OC(=O)c3ccccc32)sc2c1CCCC2. The molecule has 1 unspecified atom stereocenters. The highest BCUT2D eigenvalue weighted by Gasteiger charge is 2.33. The van der Waals surface area contributed by atoms with Gasteiger partial charge in [0.05, 0.1) is 17.7 Å². The highest BCUT2D eigenvalue weighted by molar-refractivity contribution is 7.16. The van der Waals surface area contributed by atoms with E-state index in [9.17, 15) is 9.59 Å². The Morgan fingerprint density at radius 1 is 1.32 bits per heavy atom. The van der Waals surface area contributed by atoms with E-state index < -0.39 is 6.23 Å². The Bertz CT molecular complexity index is 842. The molecule has 1 atom stereocenters. The van der Waals surface area contributed by atoms with Gasteiger partial charge in [-0.25, -0.2) is 9.59 Å². The van der Waals surface area contributed by atoms with Gasteiger partial charge in [-0.15, -0.1) is 11.3 Å². The lowest BCUT2D eigenvalue weighted by molar-refractivity contribution is 0.0437. The molecule has 0 saturated heterocycles. The molecule has 2 aliphatic rings. The summed E-state index contributed by atoms with van der Waals surface area (Å²) >= 11 is 1.58. The molecule has 2 aromatic rings. The summed E-state index contributed by atoms with van der Waals surface area (Å²) in [5.74, 6) is -0.644. The Kier molecular flexibility index (Phi) is 4.21. The summed E-state index contributed by atoms with van der Waals surface area (Å²) in [5, 5.41) is 4.00. The van der Waals surface area contributed by atoms with E-state index in [1.807, 2.05) is 18.2 Å². The number of esters is 2. The van der Waals surface area contributed by atoms with E-state index >= 15 is 0 Å². The minimum absolute atomic E-state index is 0.304. The molecule has 4 rings (SSSR count). The van der Waals surface area contributed by atoms with Crippen molar-refractivity contribution in [2.24, 2.45) is 0 Å². The minimum atomic E-state index is -0.572. The second kappa shape index (κ2) is 6.52. The smallest absolute Gasteiger partial charge is 0.341 e. The first kappa shape index (κ1) is 16.1. The molecule has 1 N–H and O–H groups in total. The third-order valence-corrected chi connectivity index (χ3v) is 5.82. The molecule has 5 nitrogen and oxygen atoms in total. The Hall–Kier alpha value is -2.34. The quantitative estimate of drug-likeness (QED) is 0.835. The average Bonchev–Trinajstić information content (AvgIpc) is 3.13. The lowest BCUT2D eigenvalue weighted by Crippen LogP contribution is -2.14. The summed E-state index contributed by atoms with van der Waals surface area (Å²) in [7, 11) is 0. The first-order chi connectivity index (χ1) is 12.2. The number of nitrogens with one attached hydrogen (secondary N) is 1. The fraction of sp³-hybridized carbons (Fsp3) is 0.368. The predicted octanol–water partition coefficient (Wildman–Crippen LogP) is 4.08. The van der Waals surface area contributed by atoms with Crippen LogP contribution in [0, 0.1) is 0 Å². The van der Waals surface area contributed by atoms with Crippen molar-refractivity contribution in [3.05, 3.63) is 51.4 Å². The molecular weight excluding hydrogens is 338 g/mol. The zero-order valence-corrected chi connectivity index (χ0v) is 14.8. The maximum atomic E-state index is 12.5. The van der Waals surface area contributed by atoms with Crippen molar-refractivity contribution in [2.75, 3.05) is 11.9 Å². The standard InChI is InChI=1S/C19H19NO4S/c1-2-23-19(22)15-13-9-5-6-10-14(13)25-17(15)20-16-11-7-3-4-8-12(11)18(21)24-16/h3-4,7-8,16,20H,2,5-6,9-10H2,1H3. The van der Waals surface area contributed by atoms with Crippen LogP contribution in [0.3, 0.4) is 0 Å². The monoisotopic (exact) mass is 357 g/mol. The van der Waals surface area contributed by atoms with Gasteiger partial charge in [0.25, 0.3) is 0 Å². The Labute approximate surface area is 150 Å². The third-order valence-electron chi connectivity index (χ3n) is 4.60. The molecule has 0 bridgehead atoms. The first-order valence-electron chi connectivity index (χ1n) is 8.57. The molecular formula is C19H19NO4S. The zero-order valence-electron chi connectivity index (χ0n) is 14.0. The van der Waals surface area contributed by atoms with E-state index in [1.165, 1.54) is 4.88 Å². The van der Waals surface area contributed by atoms with Crippen LogP contribution in [0.15, 0.2) is 24.3 Å². The van der Waals surface area contributed by atoms with Gasteiger partial charge >= 0.3 is 11.9 Å². The lowest BCUT2D eigenvalue weighted by Gasteiger charge is -2.15. The van der Waals surface area contributed by atoms with Crippen LogP contribution in [0.4, 0.5) is 5.00 Å². The van der Waals surface area contributed by atoms with Gasteiger partial charge in [-0.3, -0.25) is 0 Å². The Morgan fingerprint density at radius 2 is 2.12 bits per heavy atom. The number of aryl methyl sites for hydroxylation is 1. The summed E-state index contributed by atoms with van der Waals surface area (Å²) in [6.45, 7) is 2.14. The number of benzene rings is 1. The topological polar surface area (TPSA) is 64.6 Å². The largest absolute Gasteiger partial charge is 0.462 e. The molecule has 1 aromatic carbocycles. The number of hydrogen-bond acceptors (Lipinski definition) is 6. The second-order valence-electron chi connectivity index (χ2n) is 6.15. The van der Waals surface area contributed by atoms with Crippen molar-refractivity contribution in [1.29, 1.82) is 0 Å². The van der Waals surface area contributed by atoms with Crippen LogP contribution in [0.2, 0.25) is 0 Å². The van der Waals surface area contributed by atoms with E-state index in [0.717, 1.165) is 41.8 Å². The van der Waals surface area contributed by atoms with Crippen LogP contribution in [0.25, 0.3) is 0 Å². The number of fused-ring (bicyclic) bond motifs is 2. The van der Waals surface area contributed by atoms with E-state index in [1.54, 1.807) is 24.3 Å². The molecule has 1 aliphatic carbocycles. The van der Waals surface area contributed by atoms with E-state index in [4.69, 9.17) is 9.47 Å². The van der Waals surface area contributed by atoms with Gasteiger partial charge in [-0.2, -0.15) is 0 Å². The molecule has 0 amide bonds. The molecule has 0 spiro atoms. The van der Waals surface area contributed by atoms with Crippen LogP contribution < -0.4 is 5.32 Å². The van der Waals surface area contributed by atoms with Crippen LogP contribution >= 0.6 is 11.3 Å². The van der Waals surface area contributed by atoms with Gasteiger partial charge in [0.1, 0.15) is 5.00 Å². The lowest BCUT2D eigenvalue weighted by atomic mass is 9.95. The van der Waals surface area contributed by atoms with E-state index in [-0.39, 0.29) is 11.9 Å². The zero-order chi connectivity index (χ0) is 17.4. The first-order valence-corrected chi connectivity index (χ1v) is 9.38. The van der Waals surface area contributed by atoms with Gasteiger partial charge in [0.2, 0.25) is 6.23 Å². The van der Waals surface area contributed by atoms with Crippen molar-refractivity contribution in [1.82, 2.24) is 0 Å². The maximum absolute atomic E-state index is 12.5. The average molecular weight is 357 g/mol. The van der Waals surface area contributed by atoms with Crippen LogP contribution in [0.1, 0.15) is 62.7 Å². The van der Waals surface area contributed by atoms with Crippen molar-refractivity contribution in [3.63, 3.8) is 0 Å². The van der Waals surface area contributed by atoms with E-state index in [0.29, 0.717) is 17.7 Å². The van der Waals surface area contributed by atoms with Crippen molar-refractivity contribution < 1.29 is 19.1 Å². The van der Waals surface area contributed by atoms with Gasteiger partial charge in [0.15, 0.2) is 0 Å². The molecule has 0 radical (unpaired) electrons. The molecule has 25 heavy (non-hydrogen) atoms. The fourth-order valence-electron chi connectivity index (χ4n) is 3.46. The number of rotatable bonds is 4. The summed E-state index contributed by atoms with van der Waals surface area (Å²) in [6, 6.07) is 7.32. The molecule has 1 aliphatic heterocycles. The number of thiophene rings is 1. The van der Waals surface area contributed by atoms with Crippen molar-refractivity contribution in [2.45, 2.75) is 38.8 Å². The van der Waals surface area contributed by atoms with Crippen LogP contribution in [0.5, 0.6) is 0 Å². The Balaban J connectivity index is 1.70. The fourth-order valence-corrected chi connectivity index (χ4v) is 4.75. The number of ether oxygens (including phenoxy) is 2. The summed E-state index contributed by atoms with van der Waals surface area (Å²) in [5.41, 5.74) is 3.07. The number of anilines is 1. The highest BCUT2D eigenvalue weighted by atomic mass is 32.1. The second-order valence-corrected chi connectivity index (χ2v) is 7.26. The van der Waals surface area contributed by atoms with Gasteiger partial charge in [0, 0.05) is 10.4 Å². The Morgan fingerprint density at radius 3 is 2.96 bits per heavy atom. The maximum Gasteiger partial charge on any atom is 0.341 e.